The van der Waals surface area contributed by atoms with E-state index in [0.29, 0.717) is 36.4 Å². The molecule has 25 heavy (non-hydrogen) atoms. The summed E-state index contributed by atoms with van der Waals surface area (Å²) in [5, 5.41) is 0. The second kappa shape index (κ2) is 7.10. The highest BCUT2D eigenvalue weighted by molar-refractivity contribution is 7.89. The molecule has 0 saturated carbocycles. The third-order valence-corrected chi connectivity index (χ3v) is 6.93. The lowest BCUT2D eigenvalue weighted by Gasteiger charge is -2.31. The Balaban J connectivity index is 1.70. The number of carbonyl (C=O) groups excluding carboxylic acids is 1. The number of benzene rings is 2. The molecule has 0 spiro atoms. The van der Waals surface area contributed by atoms with Crippen molar-refractivity contribution < 1.29 is 13.2 Å². The Morgan fingerprint density at radius 3 is 2.16 bits per heavy atom. The molecule has 0 aromatic heterocycles. The summed E-state index contributed by atoms with van der Waals surface area (Å²) < 4.78 is 27.2. The standard InChI is InChI=1S/C20H23NO3S/c1-15-7-9-17(10-8-15)20(22)18-11-13-21(14-12-18)25(23,24)19-6-4-3-5-16(19)2/h3-10,18H,11-14H2,1-2H3. The molecule has 5 heteroatoms. The first kappa shape index (κ1) is 17.8. The van der Waals surface area contributed by atoms with E-state index in [1.807, 2.05) is 37.3 Å². The Morgan fingerprint density at radius 2 is 1.56 bits per heavy atom. The number of sulfonamides is 1. The quantitative estimate of drug-likeness (QED) is 0.786. The molecule has 0 aliphatic carbocycles. The van der Waals surface area contributed by atoms with Crippen LogP contribution in [0.2, 0.25) is 0 Å². The first-order chi connectivity index (χ1) is 11.9. The Kier molecular flexibility index (Phi) is 5.06. The van der Waals surface area contributed by atoms with E-state index in [4.69, 9.17) is 0 Å². The van der Waals surface area contributed by atoms with Gasteiger partial charge in [-0.15, -0.1) is 0 Å². The molecule has 1 aliphatic heterocycles. The molecule has 0 atom stereocenters. The molecule has 2 aromatic rings. The van der Waals surface area contributed by atoms with E-state index in [9.17, 15) is 13.2 Å². The molecule has 1 saturated heterocycles. The van der Waals surface area contributed by atoms with Crippen LogP contribution in [0.1, 0.15) is 34.3 Å². The van der Waals surface area contributed by atoms with E-state index in [-0.39, 0.29) is 11.7 Å². The van der Waals surface area contributed by atoms with Crippen LogP contribution in [0.3, 0.4) is 0 Å². The summed E-state index contributed by atoms with van der Waals surface area (Å²) in [5.74, 6) is 0.0129. The summed E-state index contributed by atoms with van der Waals surface area (Å²) in [4.78, 5) is 13.0. The van der Waals surface area contributed by atoms with Gasteiger partial charge in [0.15, 0.2) is 5.78 Å². The summed E-state index contributed by atoms with van der Waals surface area (Å²) in [6.45, 7) is 4.57. The monoisotopic (exact) mass is 357 g/mol. The van der Waals surface area contributed by atoms with Gasteiger partial charge in [0, 0.05) is 24.6 Å². The lowest BCUT2D eigenvalue weighted by atomic mass is 9.89. The molecule has 0 amide bonds. The number of ketones is 1. The Labute approximate surface area is 149 Å². The molecule has 2 aromatic carbocycles. The Bertz CT molecular complexity index is 864. The number of aryl methyl sites for hydroxylation is 2. The van der Waals surface area contributed by atoms with Crippen LogP contribution in [0, 0.1) is 19.8 Å². The van der Waals surface area contributed by atoms with Crippen LogP contribution in [-0.2, 0) is 10.0 Å². The van der Waals surface area contributed by atoms with Crippen molar-refractivity contribution in [2.75, 3.05) is 13.1 Å². The SMILES string of the molecule is Cc1ccc(C(=O)C2CCN(S(=O)(=O)c3ccccc3C)CC2)cc1. The minimum Gasteiger partial charge on any atom is -0.294 e. The molecule has 1 heterocycles. The molecule has 132 valence electrons. The van der Waals surface area contributed by atoms with Gasteiger partial charge in [0.25, 0.3) is 0 Å². The number of Topliss-reactive ketones (excluding diaryl/α,β-unsaturated/α-hetero) is 1. The van der Waals surface area contributed by atoms with Gasteiger partial charge < -0.3 is 0 Å². The molecule has 0 radical (unpaired) electrons. The summed E-state index contributed by atoms with van der Waals surface area (Å²) in [6.07, 6.45) is 1.13. The zero-order valence-corrected chi connectivity index (χ0v) is 15.4. The van der Waals surface area contributed by atoms with Crippen LogP contribution in [0.25, 0.3) is 0 Å². The molecule has 3 rings (SSSR count). The topological polar surface area (TPSA) is 54.5 Å². The number of hydrogen-bond acceptors (Lipinski definition) is 3. The fraction of sp³-hybridized carbons (Fsp3) is 0.350. The van der Waals surface area contributed by atoms with Crippen molar-refractivity contribution in [3.8, 4) is 0 Å². The zero-order valence-electron chi connectivity index (χ0n) is 14.6. The van der Waals surface area contributed by atoms with Crippen molar-refractivity contribution in [2.24, 2.45) is 5.92 Å². The number of nitrogens with zero attached hydrogens (tertiary/aromatic N) is 1. The summed E-state index contributed by atoms with van der Waals surface area (Å²) in [7, 11) is -3.49. The van der Waals surface area contributed by atoms with Crippen molar-refractivity contribution in [3.05, 3.63) is 65.2 Å². The summed E-state index contributed by atoms with van der Waals surface area (Å²) >= 11 is 0. The van der Waals surface area contributed by atoms with Crippen LogP contribution in [0.5, 0.6) is 0 Å². The van der Waals surface area contributed by atoms with Crippen molar-refractivity contribution >= 4 is 15.8 Å². The van der Waals surface area contributed by atoms with Crippen molar-refractivity contribution in [1.82, 2.24) is 4.31 Å². The van der Waals surface area contributed by atoms with Gasteiger partial charge in [0.2, 0.25) is 10.0 Å². The minimum atomic E-state index is -3.49. The maximum atomic E-state index is 12.8. The smallest absolute Gasteiger partial charge is 0.243 e. The molecule has 4 nitrogen and oxygen atoms in total. The predicted molar refractivity (Wildman–Crippen MR) is 98.2 cm³/mol. The van der Waals surface area contributed by atoms with Gasteiger partial charge in [0.1, 0.15) is 0 Å². The minimum absolute atomic E-state index is 0.106. The highest BCUT2D eigenvalue weighted by atomic mass is 32.2. The average Bonchev–Trinajstić information content (AvgIpc) is 2.62. The van der Waals surface area contributed by atoms with Crippen LogP contribution >= 0.6 is 0 Å². The summed E-state index contributed by atoms with van der Waals surface area (Å²) in [6, 6.07) is 14.6. The Hall–Kier alpha value is -1.98. The first-order valence-electron chi connectivity index (χ1n) is 8.56. The van der Waals surface area contributed by atoms with Gasteiger partial charge in [-0.25, -0.2) is 8.42 Å². The first-order valence-corrected chi connectivity index (χ1v) is 10.0. The second-order valence-electron chi connectivity index (χ2n) is 6.67. The van der Waals surface area contributed by atoms with Crippen molar-refractivity contribution in [3.63, 3.8) is 0 Å². The lowest BCUT2D eigenvalue weighted by Crippen LogP contribution is -2.40. The van der Waals surface area contributed by atoms with E-state index in [1.54, 1.807) is 25.1 Å². The van der Waals surface area contributed by atoms with E-state index < -0.39 is 10.0 Å². The molecule has 1 aliphatic rings. The van der Waals surface area contributed by atoms with Gasteiger partial charge in [-0.05, 0) is 38.3 Å². The maximum Gasteiger partial charge on any atom is 0.243 e. The lowest BCUT2D eigenvalue weighted by molar-refractivity contribution is 0.0875. The van der Waals surface area contributed by atoms with Gasteiger partial charge in [-0.3, -0.25) is 4.79 Å². The largest absolute Gasteiger partial charge is 0.294 e. The van der Waals surface area contributed by atoms with E-state index in [1.165, 1.54) is 4.31 Å². The highest BCUT2D eigenvalue weighted by Crippen LogP contribution is 2.27. The normalized spacial score (nSPS) is 16.7. The third-order valence-electron chi connectivity index (χ3n) is 4.87. The molecule has 1 fully saturated rings. The van der Waals surface area contributed by atoms with Crippen LogP contribution in [0.4, 0.5) is 0 Å². The molecular formula is C20H23NO3S. The van der Waals surface area contributed by atoms with Crippen LogP contribution in [0.15, 0.2) is 53.4 Å². The van der Waals surface area contributed by atoms with Crippen molar-refractivity contribution in [2.45, 2.75) is 31.6 Å². The number of piperidine rings is 1. The fourth-order valence-electron chi connectivity index (χ4n) is 3.30. The predicted octanol–water partition coefficient (Wildman–Crippen LogP) is 3.59. The van der Waals surface area contributed by atoms with Crippen molar-refractivity contribution in [1.29, 1.82) is 0 Å². The van der Waals surface area contributed by atoms with Gasteiger partial charge in [-0.1, -0.05) is 48.0 Å². The number of rotatable bonds is 4. The van der Waals surface area contributed by atoms with Crippen LogP contribution in [-0.4, -0.2) is 31.6 Å². The molecule has 0 N–H and O–H groups in total. The van der Waals surface area contributed by atoms with Gasteiger partial charge >= 0.3 is 0 Å². The van der Waals surface area contributed by atoms with E-state index in [0.717, 1.165) is 11.1 Å². The van der Waals surface area contributed by atoms with E-state index >= 15 is 0 Å². The highest BCUT2D eigenvalue weighted by Gasteiger charge is 2.32. The maximum absolute atomic E-state index is 12.8. The van der Waals surface area contributed by atoms with E-state index in [2.05, 4.69) is 0 Å². The number of hydrogen-bond donors (Lipinski definition) is 0. The van der Waals surface area contributed by atoms with Crippen LogP contribution < -0.4 is 0 Å². The Morgan fingerprint density at radius 1 is 0.960 bits per heavy atom. The molecule has 0 unspecified atom stereocenters. The third kappa shape index (κ3) is 3.67. The van der Waals surface area contributed by atoms with Gasteiger partial charge in [-0.2, -0.15) is 4.31 Å². The zero-order chi connectivity index (χ0) is 18.0. The average molecular weight is 357 g/mol. The number of carbonyl (C=O) groups is 1. The second-order valence-corrected chi connectivity index (χ2v) is 8.58. The summed E-state index contributed by atoms with van der Waals surface area (Å²) in [5.41, 5.74) is 2.59. The molecule has 0 bridgehead atoms. The van der Waals surface area contributed by atoms with Gasteiger partial charge in [0.05, 0.1) is 4.90 Å². The molecular weight excluding hydrogens is 334 g/mol. The fourth-order valence-corrected chi connectivity index (χ4v) is 4.99.